The molecule has 0 fully saturated rings. The second-order valence-electron chi connectivity index (χ2n) is 34.9. The van der Waals surface area contributed by atoms with Crippen molar-refractivity contribution in [3.63, 3.8) is 0 Å². The van der Waals surface area contributed by atoms with Crippen molar-refractivity contribution in [1.82, 2.24) is 27.6 Å². The van der Waals surface area contributed by atoms with Crippen LogP contribution >= 0.6 is 0 Å². The lowest BCUT2D eigenvalue weighted by Gasteiger charge is -2.18. The molecule has 0 unspecified atom stereocenters. The van der Waals surface area contributed by atoms with Gasteiger partial charge in [0.2, 0.25) is 0 Å². The van der Waals surface area contributed by atoms with Gasteiger partial charge in [0, 0.05) is 94.1 Å². The maximum atomic E-state index is 12.1. The Morgan fingerprint density at radius 1 is 0.261 bits per heavy atom. The van der Waals surface area contributed by atoms with Gasteiger partial charge in [-0.1, -0.05) is 223 Å². The Labute approximate surface area is 694 Å². The van der Waals surface area contributed by atoms with E-state index in [0.29, 0.717) is 75.7 Å². The fourth-order valence-electron chi connectivity index (χ4n) is 13.5. The maximum absolute atomic E-state index is 12.1. The lowest BCUT2D eigenvalue weighted by molar-refractivity contribution is 0.161. The third-order valence-corrected chi connectivity index (χ3v) is 20.3. The molecule has 0 amide bonds. The lowest BCUT2D eigenvalue weighted by atomic mass is 9.91. The number of pyridine rings is 6. The van der Waals surface area contributed by atoms with E-state index in [4.69, 9.17) is 0 Å². The van der Waals surface area contributed by atoms with Crippen LogP contribution in [0.1, 0.15) is 427 Å². The summed E-state index contributed by atoms with van der Waals surface area (Å²) in [7, 11) is 1.85. The van der Waals surface area contributed by atoms with Crippen LogP contribution in [0.15, 0.2) is 120 Å². The van der Waals surface area contributed by atoms with Crippen molar-refractivity contribution < 1.29 is 25.6 Å². The first-order valence-corrected chi connectivity index (χ1v) is 41.1. The van der Waals surface area contributed by atoms with E-state index >= 15 is 0 Å². The number of phenolic OH excluding ortho intramolecular Hbond substituents is 2. The number of para-hydroxylation sites is 1. The molecular formula is C98H158N6O11. The number of benzene rings is 2. The fraction of sp³-hybridized carbons (Fsp3) is 0.571. The molecule has 0 aliphatic carbocycles. The Morgan fingerprint density at radius 2 is 0.557 bits per heavy atom. The molecule has 0 radical (unpaired) electrons. The third-order valence-electron chi connectivity index (χ3n) is 20.3. The van der Waals surface area contributed by atoms with E-state index < -0.39 is 0 Å². The van der Waals surface area contributed by atoms with Crippen molar-refractivity contribution in [1.29, 1.82) is 0 Å². The zero-order valence-electron chi connectivity index (χ0n) is 76.8. The molecule has 0 atom stereocenters. The normalized spacial score (nSPS) is 11.1. The van der Waals surface area contributed by atoms with Crippen molar-refractivity contribution in [3.05, 3.63) is 248 Å². The first kappa shape index (κ1) is 108. The van der Waals surface area contributed by atoms with E-state index in [-0.39, 0.29) is 108 Å². The van der Waals surface area contributed by atoms with Gasteiger partial charge in [0.05, 0.1) is 5.69 Å². The summed E-state index contributed by atoms with van der Waals surface area (Å²) in [5.74, 6) is 4.53. The van der Waals surface area contributed by atoms with Crippen LogP contribution in [0.25, 0.3) is 0 Å². The van der Waals surface area contributed by atoms with Crippen molar-refractivity contribution in [2.45, 2.75) is 366 Å². The molecule has 0 saturated heterocycles. The highest BCUT2D eigenvalue weighted by atomic mass is 16.5. The van der Waals surface area contributed by atoms with Crippen molar-refractivity contribution in [2.75, 3.05) is 0 Å². The largest absolute Gasteiger partial charge is 0.507 e. The number of aryl methyl sites for hydroxylation is 2. The van der Waals surface area contributed by atoms with Crippen LogP contribution < -0.4 is 33.4 Å². The highest BCUT2D eigenvalue weighted by Gasteiger charge is 2.20. The van der Waals surface area contributed by atoms with Gasteiger partial charge in [0.25, 0.3) is 33.4 Å². The second-order valence-corrected chi connectivity index (χ2v) is 34.9. The Hall–Kier alpha value is -8.86. The maximum Gasteiger partial charge on any atom is 0.293 e. The molecule has 2 aromatic carbocycles. The second kappa shape index (κ2) is 48.6. The third kappa shape index (κ3) is 29.7. The van der Waals surface area contributed by atoms with E-state index in [0.717, 1.165) is 71.9 Å². The summed E-state index contributed by atoms with van der Waals surface area (Å²) < 4.78 is 9.31. The van der Waals surface area contributed by atoms with E-state index in [1.54, 1.807) is 38.1 Å². The molecule has 8 rings (SSSR count). The van der Waals surface area contributed by atoms with Crippen LogP contribution in [0.2, 0.25) is 0 Å². The average molecular weight is 1600 g/mol. The zero-order valence-corrected chi connectivity index (χ0v) is 76.8. The van der Waals surface area contributed by atoms with Crippen molar-refractivity contribution >= 4 is 0 Å². The standard InChI is InChI=1S/C13H21NO.C13H20O.C12H19NO2.2C12H19NO.C12H18O.2C11H17NO2.2CH4/c1-8(2)12-7-10(5)14(9(3)4)13(15)11(12)6;1-8(2)11-6-7-12(9(3)4)13(14)10(11)5;1-7(2)10-6-9(5)13(8(3)4)12(15)11(10)14;1-8(2)10-6-7-11(9(3)4)13(5)12(10)14;1-8(2)11-6-7-13(9(3)4)12(14)10(11)5;1-8(2)10-6-5-7-11(9(3)4)12(10)13;1-7(2)9-5-6-12(8(3)4)11(14)10(9)13;1-7(2)9-5-6-10(8(3)4)12(14)11(9)13;;/h7-9H,1-6H3;6-9,14H,1-5H3;6-8,14H,1-5H3;2*6-9H,1-5H3;5-9,13H,1-4H3;5-8,13H,1-4H3;5-8,14H,1-4H3;2*1H4. The van der Waals surface area contributed by atoms with Gasteiger partial charge in [-0.25, -0.2) is 0 Å². The Kier molecular flexibility index (Phi) is 45.7. The molecule has 6 aromatic heterocycles. The van der Waals surface area contributed by atoms with Crippen LogP contribution in [0, 0.1) is 34.6 Å². The zero-order chi connectivity index (χ0) is 87.9. The number of hydrogen-bond donors (Lipinski definition) is 5. The Balaban J connectivity index is 0. The van der Waals surface area contributed by atoms with Crippen LogP contribution in [-0.4, -0.2) is 53.2 Å². The highest BCUT2D eigenvalue weighted by Crippen LogP contribution is 2.35. The SMILES string of the molecule is C.C.CC(C)c1ccc(C(C)C)n(C)c1=O.CC(C)c1ccc(C(C)C)n(O)c1=O.CC(C)c1cccc(C(C)C)c1O.CC(C)c1ccn(C(C)C)c(=O)c1O.Cc1c(C(C)C)cc(C)n(C(C)C)c1=O.Cc1c(C(C)C)ccc(C(C)C)c1O.Cc1c(C(C)C)ccn(C(C)C)c1=O.Cc1cc(C(C)C)c(O)c(=O)n1C(C)C. The number of aromatic nitrogens is 6. The Morgan fingerprint density at radius 3 is 0.930 bits per heavy atom. The van der Waals surface area contributed by atoms with Crippen LogP contribution in [0.5, 0.6) is 23.0 Å². The van der Waals surface area contributed by atoms with E-state index in [1.807, 2.05) is 213 Å². The molecule has 6 heterocycles. The van der Waals surface area contributed by atoms with Gasteiger partial charge in [0.15, 0.2) is 11.5 Å². The molecule has 8 aromatic rings. The van der Waals surface area contributed by atoms with Gasteiger partial charge in [-0.2, -0.15) is 4.73 Å². The van der Waals surface area contributed by atoms with Crippen LogP contribution in [-0.2, 0) is 7.05 Å². The van der Waals surface area contributed by atoms with Gasteiger partial charge in [-0.3, -0.25) is 28.8 Å². The van der Waals surface area contributed by atoms with Gasteiger partial charge >= 0.3 is 0 Å². The van der Waals surface area contributed by atoms with Gasteiger partial charge in [-0.15, -0.1) is 0 Å². The molecule has 17 heteroatoms. The number of nitrogens with zero attached hydrogens (tertiary/aromatic N) is 6. The topological polar surface area (TPSA) is 233 Å². The molecule has 0 aliphatic rings. The smallest absolute Gasteiger partial charge is 0.293 e. The lowest BCUT2D eigenvalue weighted by Crippen LogP contribution is -2.27. The molecule has 5 N–H and O–H groups in total. The molecule has 646 valence electrons. The predicted octanol–water partition coefficient (Wildman–Crippen LogP) is 24.7. The molecule has 17 nitrogen and oxygen atoms in total. The summed E-state index contributed by atoms with van der Waals surface area (Å²) in [4.78, 5) is 71.1. The van der Waals surface area contributed by atoms with E-state index in [2.05, 4.69) is 121 Å². The van der Waals surface area contributed by atoms with Crippen LogP contribution in [0.3, 0.4) is 0 Å². The Bertz CT molecular complexity index is 4280. The minimum Gasteiger partial charge on any atom is -0.507 e. The molecule has 0 saturated carbocycles. The quantitative estimate of drug-likeness (QED) is 0.0571. The summed E-state index contributed by atoms with van der Waals surface area (Å²) in [5, 5.41) is 49.0. The average Bonchev–Trinajstić information content (AvgIpc) is 0.801. The minimum atomic E-state index is -0.300. The van der Waals surface area contributed by atoms with E-state index in [9.17, 15) is 54.4 Å². The van der Waals surface area contributed by atoms with Crippen molar-refractivity contribution in [3.8, 4) is 23.0 Å². The van der Waals surface area contributed by atoms with Crippen LogP contribution in [0.4, 0.5) is 0 Å². The monoisotopic (exact) mass is 1600 g/mol. The summed E-state index contributed by atoms with van der Waals surface area (Å²) in [6.45, 7) is 74.8. The first-order valence-electron chi connectivity index (χ1n) is 41.1. The molecule has 0 bridgehead atoms. The van der Waals surface area contributed by atoms with E-state index in [1.165, 1.54) is 15.7 Å². The summed E-state index contributed by atoms with van der Waals surface area (Å²) in [6.07, 6.45) is 3.64. The number of hydrogen-bond acceptors (Lipinski definition) is 11. The molecule has 0 aliphatic heterocycles. The first-order chi connectivity index (χ1) is 52.0. The number of phenols is 2. The van der Waals surface area contributed by atoms with Gasteiger partial charge in [-0.05, 0) is 236 Å². The predicted molar refractivity (Wildman–Crippen MR) is 490 cm³/mol. The van der Waals surface area contributed by atoms with Crippen molar-refractivity contribution in [2.24, 2.45) is 7.05 Å². The highest BCUT2D eigenvalue weighted by molar-refractivity contribution is 5.47. The summed E-state index contributed by atoms with van der Waals surface area (Å²) in [6, 6.07) is 26.3. The molecule has 115 heavy (non-hydrogen) atoms. The summed E-state index contributed by atoms with van der Waals surface area (Å²) in [5.41, 5.74) is 15.8. The molecule has 0 spiro atoms. The number of aromatic hydroxyl groups is 4. The fourth-order valence-corrected chi connectivity index (χ4v) is 13.5. The minimum absolute atomic E-state index is 0. The molecular weight excluding hydrogens is 1440 g/mol. The number of rotatable bonds is 16. The summed E-state index contributed by atoms with van der Waals surface area (Å²) >= 11 is 0. The van der Waals surface area contributed by atoms with Gasteiger partial charge < -0.3 is 48.5 Å². The van der Waals surface area contributed by atoms with Gasteiger partial charge in [0.1, 0.15) is 11.5 Å².